The molecule has 1 atom stereocenters. The lowest BCUT2D eigenvalue weighted by Crippen LogP contribution is -2.04. The van der Waals surface area contributed by atoms with Crippen molar-refractivity contribution in [2.45, 2.75) is 13.0 Å². The average Bonchev–Trinajstić information content (AvgIpc) is 2.69. The number of hydrogen-bond donors (Lipinski definition) is 1. The van der Waals surface area contributed by atoms with E-state index in [9.17, 15) is 5.26 Å². The molecule has 0 aliphatic heterocycles. The maximum Gasteiger partial charge on any atom is 0.143 e. The van der Waals surface area contributed by atoms with Crippen LogP contribution in [0.2, 0.25) is 0 Å². The molecule has 0 saturated carbocycles. The van der Waals surface area contributed by atoms with Crippen LogP contribution in [-0.2, 0) is 4.89 Å². The fraction of sp³-hybridized carbons (Fsp3) is 0.0833. The molecule has 0 aliphatic rings. The van der Waals surface area contributed by atoms with Gasteiger partial charge in [-0.15, -0.1) is 0 Å². The predicted molar refractivity (Wildman–Crippen MR) is 109 cm³/mol. The molecule has 3 rings (SSSR count). The molecule has 1 unspecified atom stereocenters. The van der Waals surface area contributed by atoms with Gasteiger partial charge in [-0.2, -0.15) is 0 Å². The summed E-state index contributed by atoms with van der Waals surface area (Å²) >= 11 is 0. The van der Waals surface area contributed by atoms with Crippen LogP contribution in [0.3, 0.4) is 0 Å². The molecule has 1 N–H and O–H groups in total. The Bertz CT molecular complexity index is 906. The topological polar surface area (TPSA) is 29.5 Å². The molecule has 0 heterocycles. The first-order valence-electron chi connectivity index (χ1n) is 8.52. The molecular formula is C24H22O2. The minimum atomic E-state index is -0.523. The van der Waals surface area contributed by atoms with Gasteiger partial charge < -0.3 is 0 Å². The molecule has 2 heteroatoms. The second-order valence-electron chi connectivity index (χ2n) is 6.25. The van der Waals surface area contributed by atoms with E-state index >= 15 is 0 Å². The van der Waals surface area contributed by atoms with Crippen LogP contribution in [0.1, 0.15) is 33.9 Å². The molecule has 0 aliphatic carbocycles. The van der Waals surface area contributed by atoms with E-state index in [2.05, 4.69) is 25.3 Å². The highest BCUT2D eigenvalue weighted by Crippen LogP contribution is 2.29. The monoisotopic (exact) mass is 342 g/mol. The van der Waals surface area contributed by atoms with E-state index in [0.717, 1.165) is 38.9 Å². The van der Waals surface area contributed by atoms with E-state index in [1.165, 1.54) is 0 Å². The van der Waals surface area contributed by atoms with E-state index < -0.39 is 6.10 Å². The minimum Gasteiger partial charge on any atom is -0.251 e. The Balaban J connectivity index is 1.88. The highest BCUT2D eigenvalue weighted by atomic mass is 17.1. The largest absolute Gasteiger partial charge is 0.251 e. The maximum atomic E-state index is 9.46. The van der Waals surface area contributed by atoms with Gasteiger partial charge in [-0.25, -0.2) is 4.89 Å². The number of rotatable bonds is 6. The van der Waals surface area contributed by atoms with Crippen molar-refractivity contribution < 1.29 is 10.1 Å². The fourth-order valence-electron chi connectivity index (χ4n) is 3.07. The molecule has 130 valence electrons. The van der Waals surface area contributed by atoms with Crippen LogP contribution in [0.25, 0.3) is 23.3 Å². The Morgan fingerprint density at radius 1 is 0.808 bits per heavy atom. The Morgan fingerprint density at radius 2 is 1.38 bits per heavy atom. The van der Waals surface area contributed by atoms with E-state index in [1.807, 2.05) is 73.7 Å². The molecule has 0 amide bonds. The predicted octanol–water partition coefficient (Wildman–Crippen LogP) is 6.53. The molecule has 2 nitrogen and oxygen atoms in total. The van der Waals surface area contributed by atoms with Crippen molar-refractivity contribution in [3.05, 3.63) is 108 Å². The van der Waals surface area contributed by atoms with Crippen LogP contribution < -0.4 is 0 Å². The van der Waals surface area contributed by atoms with Gasteiger partial charge in [0.2, 0.25) is 0 Å². The zero-order chi connectivity index (χ0) is 18.5. The van der Waals surface area contributed by atoms with Gasteiger partial charge in [0.25, 0.3) is 0 Å². The zero-order valence-corrected chi connectivity index (χ0v) is 14.9. The van der Waals surface area contributed by atoms with Gasteiger partial charge in [0, 0.05) is 0 Å². The summed E-state index contributed by atoms with van der Waals surface area (Å²) in [5.74, 6) is 0. The van der Waals surface area contributed by atoms with Gasteiger partial charge in [-0.1, -0.05) is 92.0 Å². The number of aryl methyl sites for hydroxylation is 1. The zero-order valence-electron chi connectivity index (χ0n) is 14.9. The second kappa shape index (κ2) is 7.96. The van der Waals surface area contributed by atoms with Crippen LogP contribution in [0, 0.1) is 6.92 Å². The maximum absolute atomic E-state index is 9.46. The quantitative estimate of drug-likeness (QED) is 0.408. The van der Waals surface area contributed by atoms with Crippen molar-refractivity contribution in [1.29, 1.82) is 0 Å². The van der Waals surface area contributed by atoms with Gasteiger partial charge in [-0.3, -0.25) is 5.26 Å². The van der Waals surface area contributed by atoms with Crippen LogP contribution >= 0.6 is 0 Å². The first kappa shape index (κ1) is 17.9. The Labute approximate surface area is 154 Å². The molecular weight excluding hydrogens is 320 g/mol. The Morgan fingerprint density at radius 3 is 1.88 bits per heavy atom. The molecule has 26 heavy (non-hydrogen) atoms. The second-order valence-corrected chi connectivity index (χ2v) is 6.25. The third-order valence-corrected chi connectivity index (χ3v) is 4.62. The average molecular weight is 342 g/mol. The fourth-order valence-corrected chi connectivity index (χ4v) is 3.07. The summed E-state index contributed by atoms with van der Waals surface area (Å²) in [4.78, 5) is 4.79. The molecule has 0 radical (unpaired) electrons. The molecule has 3 aromatic carbocycles. The summed E-state index contributed by atoms with van der Waals surface area (Å²) in [5.41, 5.74) is 7.30. The van der Waals surface area contributed by atoms with Crippen LogP contribution in [0.5, 0.6) is 0 Å². The van der Waals surface area contributed by atoms with Gasteiger partial charge in [0.1, 0.15) is 6.10 Å². The van der Waals surface area contributed by atoms with Gasteiger partial charge >= 0.3 is 0 Å². The van der Waals surface area contributed by atoms with E-state index in [1.54, 1.807) is 0 Å². The van der Waals surface area contributed by atoms with Crippen molar-refractivity contribution in [3.63, 3.8) is 0 Å². The summed E-state index contributed by atoms with van der Waals surface area (Å²) in [7, 11) is 0. The summed E-state index contributed by atoms with van der Waals surface area (Å²) < 4.78 is 0. The molecule has 0 spiro atoms. The van der Waals surface area contributed by atoms with Crippen molar-refractivity contribution in [1.82, 2.24) is 0 Å². The van der Waals surface area contributed by atoms with Crippen molar-refractivity contribution in [3.8, 4) is 11.1 Å². The Hall–Kier alpha value is -2.94. The molecule has 0 aromatic heterocycles. The minimum absolute atomic E-state index is 0.523. The molecule has 0 fully saturated rings. The van der Waals surface area contributed by atoms with Crippen molar-refractivity contribution >= 4 is 12.2 Å². The normalized spacial score (nSPS) is 11.8. The highest BCUT2D eigenvalue weighted by molar-refractivity contribution is 5.66. The lowest BCUT2D eigenvalue weighted by Gasteiger charge is -2.16. The van der Waals surface area contributed by atoms with Gasteiger partial charge in [-0.05, 0) is 45.9 Å². The summed E-state index contributed by atoms with van der Waals surface area (Å²) in [6.07, 6.45) is 3.13. The first-order valence-corrected chi connectivity index (χ1v) is 8.52. The molecule has 3 aromatic rings. The SMILES string of the molecule is C=Cc1ccc(-c2ccc(C(OO)c3ccc(C=C)c(C)c3)cc2)cc1. The van der Waals surface area contributed by atoms with E-state index in [0.29, 0.717) is 0 Å². The van der Waals surface area contributed by atoms with Gasteiger partial charge in [0.05, 0.1) is 0 Å². The van der Waals surface area contributed by atoms with Crippen LogP contribution in [0.15, 0.2) is 79.9 Å². The lowest BCUT2D eigenvalue weighted by atomic mass is 9.95. The van der Waals surface area contributed by atoms with E-state index in [4.69, 9.17) is 4.89 Å². The Kier molecular flexibility index (Phi) is 5.47. The smallest absolute Gasteiger partial charge is 0.143 e. The lowest BCUT2D eigenvalue weighted by molar-refractivity contribution is -0.270. The standard InChI is InChI=1S/C24H22O2/c1-4-18-6-8-20(9-7-18)21-11-13-22(14-12-21)24(26-25)23-15-10-19(5-2)17(3)16-23/h4-16,24-25H,1-2H2,3H3. The third-order valence-electron chi connectivity index (χ3n) is 4.62. The summed E-state index contributed by atoms with van der Waals surface area (Å²) in [6, 6.07) is 22.2. The van der Waals surface area contributed by atoms with Gasteiger partial charge in [0.15, 0.2) is 0 Å². The summed E-state index contributed by atoms with van der Waals surface area (Å²) in [5, 5.41) is 9.46. The van der Waals surface area contributed by atoms with E-state index in [-0.39, 0.29) is 0 Å². The highest BCUT2D eigenvalue weighted by Gasteiger charge is 2.16. The van der Waals surface area contributed by atoms with Crippen LogP contribution in [-0.4, -0.2) is 5.26 Å². The molecule has 0 bridgehead atoms. The number of benzene rings is 3. The van der Waals surface area contributed by atoms with Crippen molar-refractivity contribution in [2.24, 2.45) is 0 Å². The van der Waals surface area contributed by atoms with Crippen molar-refractivity contribution in [2.75, 3.05) is 0 Å². The third kappa shape index (κ3) is 3.67. The molecule has 0 saturated heterocycles. The van der Waals surface area contributed by atoms with Crippen LogP contribution in [0.4, 0.5) is 0 Å². The summed E-state index contributed by atoms with van der Waals surface area (Å²) in [6.45, 7) is 9.60. The number of hydrogen-bond acceptors (Lipinski definition) is 2. The first-order chi connectivity index (χ1) is 12.7.